The SMILES string of the molecule is CCN(Cn1nccc1[N+](=O)[O-])C1CCCCC1. The Hall–Kier alpha value is -1.43. The van der Waals surface area contributed by atoms with E-state index >= 15 is 0 Å². The molecule has 0 spiro atoms. The minimum atomic E-state index is -0.373. The predicted octanol–water partition coefficient (Wildman–Crippen LogP) is 2.40. The highest BCUT2D eigenvalue weighted by molar-refractivity contribution is 5.15. The van der Waals surface area contributed by atoms with Crippen molar-refractivity contribution in [3.63, 3.8) is 0 Å². The first-order valence-corrected chi connectivity index (χ1v) is 6.62. The van der Waals surface area contributed by atoms with Crippen LogP contribution >= 0.6 is 0 Å². The molecule has 0 bridgehead atoms. The van der Waals surface area contributed by atoms with Crippen molar-refractivity contribution in [3.05, 3.63) is 22.4 Å². The van der Waals surface area contributed by atoms with Gasteiger partial charge in [0, 0.05) is 6.04 Å². The summed E-state index contributed by atoms with van der Waals surface area (Å²) in [5.74, 6) is 0.0734. The van der Waals surface area contributed by atoms with Crippen molar-refractivity contribution in [2.75, 3.05) is 6.54 Å². The van der Waals surface area contributed by atoms with Crippen molar-refractivity contribution in [1.29, 1.82) is 0 Å². The molecule has 0 aliphatic heterocycles. The average Bonchev–Trinajstić information content (AvgIpc) is 2.85. The Morgan fingerprint density at radius 2 is 2.22 bits per heavy atom. The molecule has 1 heterocycles. The molecule has 1 aliphatic rings. The van der Waals surface area contributed by atoms with E-state index in [-0.39, 0.29) is 10.7 Å². The van der Waals surface area contributed by atoms with Gasteiger partial charge in [0.15, 0.2) is 6.67 Å². The summed E-state index contributed by atoms with van der Waals surface area (Å²) < 4.78 is 1.48. The zero-order valence-electron chi connectivity index (χ0n) is 10.8. The Balaban J connectivity index is 2.04. The lowest BCUT2D eigenvalue weighted by atomic mass is 9.94. The van der Waals surface area contributed by atoms with Gasteiger partial charge in [-0.1, -0.05) is 31.3 Å². The first-order chi connectivity index (χ1) is 8.72. The van der Waals surface area contributed by atoms with Crippen LogP contribution in [0.15, 0.2) is 12.3 Å². The van der Waals surface area contributed by atoms with Gasteiger partial charge in [-0.05, 0) is 24.3 Å². The fraction of sp³-hybridized carbons (Fsp3) is 0.750. The quantitative estimate of drug-likeness (QED) is 0.596. The number of aromatic nitrogens is 2. The maximum absolute atomic E-state index is 10.9. The molecular formula is C12H20N4O2. The van der Waals surface area contributed by atoms with Crippen molar-refractivity contribution in [1.82, 2.24) is 14.7 Å². The second kappa shape index (κ2) is 5.95. The van der Waals surface area contributed by atoms with Crippen LogP contribution in [0.1, 0.15) is 39.0 Å². The molecule has 0 saturated heterocycles. The van der Waals surface area contributed by atoms with Crippen molar-refractivity contribution in [2.24, 2.45) is 0 Å². The summed E-state index contributed by atoms with van der Waals surface area (Å²) in [6.07, 6.45) is 7.74. The van der Waals surface area contributed by atoms with Gasteiger partial charge in [0.2, 0.25) is 0 Å². The molecule has 1 saturated carbocycles. The van der Waals surface area contributed by atoms with Gasteiger partial charge >= 0.3 is 5.82 Å². The van der Waals surface area contributed by atoms with Gasteiger partial charge in [-0.25, -0.2) is 0 Å². The third kappa shape index (κ3) is 2.87. The summed E-state index contributed by atoms with van der Waals surface area (Å²) >= 11 is 0. The lowest BCUT2D eigenvalue weighted by Crippen LogP contribution is -2.38. The minimum Gasteiger partial charge on any atom is -0.358 e. The molecule has 6 heteroatoms. The number of rotatable bonds is 5. The summed E-state index contributed by atoms with van der Waals surface area (Å²) in [6.45, 7) is 3.52. The van der Waals surface area contributed by atoms with Crippen LogP contribution in [0.3, 0.4) is 0 Å². The van der Waals surface area contributed by atoms with Crippen LogP contribution < -0.4 is 0 Å². The third-order valence-electron chi connectivity index (χ3n) is 3.69. The van der Waals surface area contributed by atoms with Gasteiger partial charge in [-0.3, -0.25) is 4.90 Å². The standard InChI is InChI=1S/C12H20N4O2/c1-2-14(11-6-4-3-5-7-11)10-15-12(16(17)18)8-9-13-15/h8-9,11H,2-7,10H2,1H3. The van der Waals surface area contributed by atoms with Gasteiger partial charge in [0.05, 0.1) is 12.3 Å². The van der Waals surface area contributed by atoms with Crippen LogP contribution in [0.2, 0.25) is 0 Å². The van der Waals surface area contributed by atoms with E-state index in [1.165, 1.54) is 49.0 Å². The first kappa shape index (κ1) is 13.0. The highest BCUT2D eigenvalue weighted by atomic mass is 16.6. The fourth-order valence-electron chi connectivity index (χ4n) is 2.68. The zero-order valence-corrected chi connectivity index (χ0v) is 10.8. The Bertz CT molecular complexity index is 399. The average molecular weight is 252 g/mol. The van der Waals surface area contributed by atoms with Gasteiger partial charge in [0.1, 0.15) is 0 Å². The molecule has 6 nitrogen and oxygen atoms in total. The highest BCUT2D eigenvalue weighted by Gasteiger charge is 2.24. The fourth-order valence-corrected chi connectivity index (χ4v) is 2.68. The molecule has 18 heavy (non-hydrogen) atoms. The maximum Gasteiger partial charge on any atom is 0.346 e. The molecular weight excluding hydrogens is 232 g/mol. The van der Waals surface area contributed by atoms with E-state index in [0.29, 0.717) is 12.7 Å². The van der Waals surface area contributed by atoms with Crippen LogP contribution in [-0.2, 0) is 6.67 Å². The molecule has 100 valence electrons. The Kier molecular flexibility index (Phi) is 4.30. The van der Waals surface area contributed by atoms with Crippen molar-refractivity contribution in [2.45, 2.75) is 51.7 Å². The van der Waals surface area contributed by atoms with Crippen LogP contribution in [0, 0.1) is 10.1 Å². The van der Waals surface area contributed by atoms with E-state index in [1.54, 1.807) is 0 Å². The minimum absolute atomic E-state index is 0.0734. The number of hydrogen-bond donors (Lipinski definition) is 0. The lowest BCUT2D eigenvalue weighted by molar-refractivity contribution is -0.393. The van der Waals surface area contributed by atoms with Gasteiger partial charge < -0.3 is 10.1 Å². The van der Waals surface area contributed by atoms with Crippen molar-refractivity contribution < 1.29 is 4.92 Å². The number of hydrogen-bond acceptors (Lipinski definition) is 4. The van der Waals surface area contributed by atoms with Gasteiger partial charge in [-0.15, -0.1) is 4.68 Å². The molecule has 1 aromatic rings. The number of nitro groups is 1. The maximum atomic E-state index is 10.9. The van der Waals surface area contributed by atoms with Crippen LogP contribution in [0.25, 0.3) is 0 Å². The zero-order chi connectivity index (χ0) is 13.0. The lowest BCUT2D eigenvalue weighted by Gasteiger charge is -2.31. The Morgan fingerprint density at radius 1 is 1.50 bits per heavy atom. The molecule has 0 aromatic carbocycles. The largest absolute Gasteiger partial charge is 0.358 e. The molecule has 0 radical (unpaired) electrons. The highest BCUT2D eigenvalue weighted by Crippen LogP contribution is 2.23. The Labute approximate surface area is 107 Å². The van der Waals surface area contributed by atoms with E-state index in [4.69, 9.17) is 0 Å². The topological polar surface area (TPSA) is 64.2 Å². The molecule has 0 atom stereocenters. The van der Waals surface area contributed by atoms with E-state index in [9.17, 15) is 10.1 Å². The van der Waals surface area contributed by atoms with E-state index in [1.807, 2.05) is 0 Å². The predicted molar refractivity (Wildman–Crippen MR) is 68.1 cm³/mol. The third-order valence-corrected chi connectivity index (χ3v) is 3.69. The van der Waals surface area contributed by atoms with E-state index in [0.717, 1.165) is 6.54 Å². The molecule has 1 fully saturated rings. The molecule has 1 aliphatic carbocycles. The van der Waals surface area contributed by atoms with Crippen molar-refractivity contribution >= 4 is 5.82 Å². The first-order valence-electron chi connectivity index (χ1n) is 6.62. The summed E-state index contributed by atoms with van der Waals surface area (Å²) in [5, 5.41) is 14.9. The van der Waals surface area contributed by atoms with Gasteiger partial charge in [0.25, 0.3) is 0 Å². The van der Waals surface area contributed by atoms with Crippen molar-refractivity contribution in [3.8, 4) is 0 Å². The second-order valence-electron chi connectivity index (χ2n) is 4.78. The summed E-state index contributed by atoms with van der Waals surface area (Å²) in [6, 6.07) is 2.00. The second-order valence-corrected chi connectivity index (χ2v) is 4.78. The number of nitrogens with zero attached hydrogens (tertiary/aromatic N) is 4. The normalized spacial score (nSPS) is 17.2. The molecule has 0 unspecified atom stereocenters. The van der Waals surface area contributed by atoms with E-state index in [2.05, 4.69) is 16.9 Å². The molecule has 2 rings (SSSR count). The molecule has 0 amide bonds. The van der Waals surface area contributed by atoms with E-state index < -0.39 is 0 Å². The Morgan fingerprint density at radius 3 is 2.83 bits per heavy atom. The summed E-state index contributed by atoms with van der Waals surface area (Å²) in [7, 11) is 0. The molecule has 0 N–H and O–H groups in total. The monoisotopic (exact) mass is 252 g/mol. The molecule has 1 aromatic heterocycles. The summed E-state index contributed by atoms with van der Waals surface area (Å²) in [5.41, 5.74) is 0. The summed E-state index contributed by atoms with van der Waals surface area (Å²) in [4.78, 5) is 12.8. The van der Waals surface area contributed by atoms with Crippen LogP contribution in [0.5, 0.6) is 0 Å². The van der Waals surface area contributed by atoms with Crippen LogP contribution in [-0.4, -0.2) is 32.2 Å². The van der Waals surface area contributed by atoms with Gasteiger partial charge in [-0.2, -0.15) is 0 Å². The smallest absolute Gasteiger partial charge is 0.346 e. The van der Waals surface area contributed by atoms with Crippen LogP contribution in [0.4, 0.5) is 5.82 Å².